The van der Waals surface area contributed by atoms with Crippen LogP contribution in [0.3, 0.4) is 0 Å². The Kier molecular flexibility index (Phi) is 2.75. The topological polar surface area (TPSA) is 39.2 Å². The number of rotatable bonds is 1. The number of esters is 1. The van der Waals surface area contributed by atoms with Gasteiger partial charge in [-0.05, 0) is 24.3 Å². The summed E-state index contributed by atoms with van der Waals surface area (Å²) in [6, 6.07) is 5.50. The van der Waals surface area contributed by atoms with Crippen LogP contribution in [0.1, 0.15) is 10.5 Å². The van der Waals surface area contributed by atoms with Crippen molar-refractivity contribution in [2.24, 2.45) is 0 Å². The van der Waals surface area contributed by atoms with Crippen molar-refractivity contribution in [2.75, 3.05) is 7.11 Å². The van der Waals surface area contributed by atoms with Crippen LogP contribution in [0.5, 0.6) is 0 Å². The third-order valence-electron chi connectivity index (χ3n) is 2.15. The molecule has 0 radical (unpaired) electrons. The molecular weight excluding hydrogens is 233 g/mol. The first-order chi connectivity index (χ1) is 7.63. The number of carbonyl (C=O) groups excluding carboxylic acids is 1. The lowest BCUT2D eigenvalue weighted by atomic mass is 10.2. The number of methoxy groups -OCH3 is 1. The van der Waals surface area contributed by atoms with Gasteiger partial charge in [-0.2, -0.15) is 0 Å². The number of carbonyl (C=O) groups is 1. The van der Waals surface area contributed by atoms with Crippen LogP contribution in [-0.2, 0) is 4.74 Å². The molecule has 82 valence electrons. The number of hydrogen-bond acceptors (Lipinski definition) is 3. The fourth-order valence-corrected chi connectivity index (χ4v) is 1.57. The Hall–Kier alpha value is -1.68. The summed E-state index contributed by atoms with van der Waals surface area (Å²) in [7, 11) is 1.25. The van der Waals surface area contributed by atoms with Crippen LogP contribution in [0.2, 0.25) is 5.02 Å². The first-order valence-corrected chi connectivity index (χ1v) is 4.84. The maximum atomic E-state index is 13.4. The molecule has 0 N–H and O–H groups in total. The Labute approximate surface area is 95.8 Å². The van der Waals surface area contributed by atoms with E-state index in [4.69, 9.17) is 11.6 Å². The van der Waals surface area contributed by atoms with E-state index in [1.165, 1.54) is 31.4 Å². The van der Waals surface area contributed by atoms with Gasteiger partial charge in [0.15, 0.2) is 0 Å². The minimum atomic E-state index is -0.581. The van der Waals surface area contributed by atoms with E-state index in [9.17, 15) is 9.18 Å². The van der Waals surface area contributed by atoms with Crippen LogP contribution in [-0.4, -0.2) is 18.1 Å². The molecular formula is C11H7ClFNO2. The molecule has 0 atom stereocenters. The molecule has 0 spiro atoms. The SMILES string of the molecule is COC(=O)c1ccc2c(F)ccc(Cl)c2n1. The van der Waals surface area contributed by atoms with Crippen molar-refractivity contribution in [3.05, 3.63) is 40.8 Å². The van der Waals surface area contributed by atoms with Crippen LogP contribution in [0, 0.1) is 5.82 Å². The van der Waals surface area contributed by atoms with Crippen LogP contribution >= 0.6 is 11.6 Å². The molecule has 0 amide bonds. The van der Waals surface area contributed by atoms with E-state index in [1.807, 2.05) is 0 Å². The number of hydrogen-bond donors (Lipinski definition) is 0. The van der Waals surface area contributed by atoms with Gasteiger partial charge in [-0.15, -0.1) is 0 Å². The molecule has 0 bridgehead atoms. The second kappa shape index (κ2) is 4.06. The van der Waals surface area contributed by atoms with Crippen molar-refractivity contribution in [1.82, 2.24) is 4.98 Å². The molecule has 0 saturated heterocycles. The fourth-order valence-electron chi connectivity index (χ4n) is 1.37. The molecule has 2 rings (SSSR count). The highest BCUT2D eigenvalue weighted by Crippen LogP contribution is 2.24. The Morgan fingerprint density at radius 2 is 2.12 bits per heavy atom. The van der Waals surface area contributed by atoms with Crippen LogP contribution in [0.25, 0.3) is 10.9 Å². The van der Waals surface area contributed by atoms with Gasteiger partial charge in [-0.25, -0.2) is 14.2 Å². The molecule has 5 heteroatoms. The van der Waals surface area contributed by atoms with Crippen molar-refractivity contribution in [3.8, 4) is 0 Å². The largest absolute Gasteiger partial charge is 0.464 e. The molecule has 0 unspecified atom stereocenters. The number of benzene rings is 1. The van der Waals surface area contributed by atoms with E-state index >= 15 is 0 Å². The van der Waals surface area contributed by atoms with Crippen molar-refractivity contribution < 1.29 is 13.9 Å². The summed E-state index contributed by atoms with van der Waals surface area (Å²) in [6.07, 6.45) is 0. The zero-order valence-electron chi connectivity index (χ0n) is 8.33. The standard InChI is InChI=1S/C11H7ClFNO2/c1-16-11(15)9-5-2-6-8(13)4-3-7(12)10(6)14-9/h2-5H,1H3. The van der Waals surface area contributed by atoms with E-state index in [2.05, 4.69) is 9.72 Å². The van der Waals surface area contributed by atoms with Gasteiger partial charge < -0.3 is 4.74 Å². The summed E-state index contributed by atoms with van der Waals surface area (Å²) in [6.45, 7) is 0. The van der Waals surface area contributed by atoms with Crippen LogP contribution < -0.4 is 0 Å². The van der Waals surface area contributed by atoms with E-state index < -0.39 is 11.8 Å². The van der Waals surface area contributed by atoms with Gasteiger partial charge in [-0.1, -0.05) is 11.6 Å². The number of ether oxygens (including phenoxy) is 1. The molecule has 16 heavy (non-hydrogen) atoms. The Bertz CT molecular complexity index is 571. The molecule has 0 aliphatic rings. The van der Waals surface area contributed by atoms with Gasteiger partial charge in [0.05, 0.1) is 17.6 Å². The molecule has 3 nitrogen and oxygen atoms in total. The highest BCUT2D eigenvalue weighted by molar-refractivity contribution is 6.35. The van der Waals surface area contributed by atoms with Crippen molar-refractivity contribution in [2.45, 2.75) is 0 Å². The van der Waals surface area contributed by atoms with E-state index in [-0.39, 0.29) is 16.6 Å². The quantitative estimate of drug-likeness (QED) is 0.719. The van der Waals surface area contributed by atoms with Gasteiger partial charge in [0.25, 0.3) is 0 Å². The van der Waals surface area contributed by atoms with Gasteiger partial charge in [0.2, 0.25) is 0 Å². The summed E-state index contributed by atoms with van der Waals surface area (Å²) in [5, 5.41) is 0.572. The molecule has 2 aromatic rings. The average Bonchev–Trinajstić information content (AvgIpc) is 2.32. The first kappa shape index (κ1) is 10.8. The Balaban J connectivity index is 2.70. The molecule has 1 aromatic carbocycles. The van der Waals surface area contributed by atoms with Crippen molar-refractivity contribution in [3.63, 3.8) is 0 Å². The van der Waals surface area contributed by atoms with Crippen LogP contribution in [0.15, 0.2) is 24.3 Å². The summed E-state index contributed by atoms with van der Waals surface area (Å²) in [4.78, 5) is 15.2. The maximum absolute atomic E-state index is 13.4. The maximum Gasteiger partial charge on any atom is 0.356 e. The lowest BCUT2D eigenvalue weighted by Gasteiger charge is -2.03. The number of nitrogens with zero attached hydrogens (tertiary/aromatic N) is 1. The van der Waals surface area contributed by atoms with Crippen molar-refractivity contribution in [1.29, 1.82) is 0 Å². The normalized spacial score (nSPS) is 10.4. The van der Waals surface area contributed by atoms with Gasteiger partial charge in [0.1, 0.15) is 11.5 Å². The highest BCUT2D eigenvalue weighted by atomic mass is 35.5. The van der Waals surface area contributed by atoms with Gasteiger partial charge >= 0.3 is 5.97 Å². The third kappa shape index (κ3) is 1.72. The number of halogens is 2. The predicted molar refractivity (Wildman–Crippen MR) is 58.1 cm³/mol. The fraction of sp³-hybridized carbons (Fsp3) is 0.0909. The minimum absolute atomic E-state index is 0.0995. The number of fused-ring (bicyclic) bond motifs is 1. The Morgan fingerprint density at radius 1 is 1.38 bits per heavy atom. The molecule has 1 aromatic heterocycles. The second-order valence-corrected chi connectivity index (χ2v) is 3.52. The average molecular weight is 240 g/mol. The smallest absolute Gasteiger partial charge is 0.356 e. The molecule has 0 aliphatic carbocycles. The zero-order valence-corrected chi connectivity index (χ0v) is 9.08. The van der Waals surface area contributed by atoms with Crippen LogP contribution in [0.4, 0.5) is 4.39 Å². The second-order valence-electron chi connectivity index (χ2n) is 3.11. The first-order valence-electron chi connectivity index (χ1n) is 4.46. The van der Waals surface area contributed by atoms with E-state index in [0.717, 1.165) is 0 Å². The van der Waals surface area contributed by atoms with Crippen molar-refractivity contribution >= 4 is 28.5 Å². The number of pyridine rings is 1. The Morgan fingerprint density at radius 3 is 2.81 bits per heavy atom. The molecule has 0 fully saturated rings. The number of aromatic nitrogens is 1. The zero-order chi connectivity index (χ0) is 11.7. The monoisotopic (exact) mass is 239 g/mol. The summed E-state index contributed by atoms with van der Waals surface area (Å²) < 4.78 is 17.9. The summed E-state index contributed by atoms with van der Waals surface area (Å²) in [5.74, 6) is -1.01. The molecule has 0 aliphatic heterocycles. The summed E-state index contributed by atoms with van der Waals surface area (Å²) >= 11 is 5.87. The van der Waals surface area contributed by atoms with Gasteiger partial charge in [0, 0.05) is 5.39 Å². The summed E-state index contributed by atoms with van der Waals surface area (Å²) in [5.41, 5.74) is 0.354. The molecule has 0 saturated carbocycles. The predicted octanol–water partition coefficient (Wildman–Crippen LogP) is 2.81. The van der Waals surface area contributed by atoms with Gasteiger partial charge in [-0.3, -0.25) is 0 Å². The third-order valence-corrected chi connectivity index (χ3v) is 2.45. The minimum Gasteiger partial charge on any atom is -0.464 e. The lowest BCUT2D eigenvalue weighted by molar-refractivity contribution is 0.0594. The van der Waals surface area contributed by atoms with E-state index in [0.29, 0.717) is 5.02 Å². The molecule has 1 heterocycles. The highest BCUT2D eigenvalue weighted by Gasteiger charge is 2.11. The lowest BCUT2D eigenvalue weighted by Crippen LogP contribution is -2.04. The van der Waals surface area contributed by atoms with E-state index in [1.54, 1.807) is 0 Å².